The van der Waals surface area contributed by atoms with E-state index in [0.29, 0.717) is 17.1 Å². The highest BCUT2D eigenvalue weighted by Gasteiger charge is 2.50. The van der Waals surface area contributed by atoms with Gasteiger partial charge in [0.2, 0.25) is 0 Å². The largest absolute Gasteiger partial charge is 0.303 e. The minimum Gasteiger partial charge on any atom is -0.303 e. The molecule has 3 atom stereocenters. The molecule has 0 amide bonds. The minimum atomic E-state index is -0.274. The van der Waals surface area contributed by atoms with Crippen molar-refractivity contribution in [2.24, 2.45) is 28.6 Å². The molecule has 2 nitrogen and oxygen atoms in total. The highest BCUT2D eigenvalue weighted by Crippen LogP contribution is 2.59. The SMILES string of the molecule is C.CC1CC(CC(NC(C)(C)C)C(=O)C(C)(C)C)CC(C)C12CCC2. The van der Waals surface area contributed by atoms with E-state index in [-0.39, 0.29) is 24.4 Å². The maximum absolute atomic E-state index is 13.0. The van der Waals surface area contributed by atoms with Crippen molar-refractivity contribution in [3.8, 4) is 0 Å². The first-order chi connectivity index (χ1) is 10.8. The summed E-state index contributed by atoms with van der Waals surface area (Å²) in [5.41, 5.74) is 0.341. The molecule has 1 N–H and O–H groups in total. The van der Waals surface area contributed by atoms with E-state index in [9.17, 15) is 4.79 Å². The van der Waals surface area contributed by atoms with Gasteiger partial charge in [-0.1, -0.05) is 48.5 Å². The van der Waals surface area contributed by atoms with Crippen LogP contribution in [0.25, 0.3) is 0 Å². The van der Waals surface area contributed by atoms with E-state index in [1.54, 1.807) is 0 Å². The zero-order valence-electron chi connectivity index (χ0n) is 17.5. The van der Waals surface area contributed by atoms with Crippen molar-refractivity contribution in [1.82, 2.24) is 5.32 Å². The quantitative estimate of drug-likeness (QED) is 0.650. The molecule has 0 radical (unpaired) electrons. The van der Waals surface area contributed by atoms with Crippen molar-refractivity contribution in [3.63, 3.8) is 0 Å². The average molecular weight is 352 g/mol. The van der Waals surface area contributed by atoms with Crippen molar-refractivity contribution in [3.05, 3.63) is 0 Å². The molecule has 2 heteroatoms. The van der Waals surface area contributed by atoms with Gasteiger partial charge < -0.3 is 5.32 Å². The van der Waals surface area contributed by atoms with Gasteiger partial charge in [0, 0.05) is 11.0 Å². The number of carbonyl (C=O) groups is 1. The third-order valence-electron chi connectivity index (χ3n) is 6.85. The normalized spacial score (nSPS) is 30.3. The Labute approximate surface area is 157 Å². The van der Waals surface area contributed by atoms with Crippen LogP contribution >= 0.6 is 0 Å². The lowest BCUT2D eigenvalue weighted by molar-refractivity contribution is -0.130. The molecule has 0 saturated heterocycles. The van der Waals surface area contributed by atoms with Gasteiger partial charge in [0.1, 0.15) is 0 Å². The lowest BCUT2D eigenvalue weighted by Crippen LogP contribution is -2.53. The maximum atomic E-state index is 13.0. The molecule has 0 aromatic rings. The van der Waals surface area contributed by atoms with Crippen LogP contribution in [0.1, 0.15) is 101 Å². The van der Waals surface area contributed by atoms with Crippen LogP contribution in [-0.2, 0) is 4.79 Å². The molecule has 2 saturated carbocycles. The van der Waals surface area contributed by atoms with Crippen molar-refractivity contribution in [2.75, 3.05) is 0 Å². The van der Waals surface area contributed by atoms with Gasteiger partial charge in [-0.2, -0.15) is 0 Å². The third-order valence-corrected chi connectivity index (χ3v) is 6.85. The van der Waals surface area contributed by atoms with Gasteiger partial charge in [-0.15, -0.1) is 0 Å². The van der Waals surface area contributed by atoms with Crippen LogP contribution in [0.15, 0.2) is 0 Å². The second-order valence-electron chi connectivity index (χ2n) is 11.0. The molecule has 0 aliphatic heterocycles. The van der Waals surface area contributed by atoms with Crippen molar-refractivity contribution >= 4 is 5.78 Å². The van der Waals surface area contributed by atoms with E-state index >= 15 is 0 Å². The molecule has 25 heavy (non-hydrogen) atoms. The van der Waals surface area contributed by atoms with Crippen molar-refractivity contribution in [1.29, 1.82) is 0 Å². The first kappa shape index (κ1) is 22.7. The van der Waals surface area contributed by atoms with Crippen LogP contribution < -0.4 is 5.32 Å². The number of carbonyl (C=O) groups excluding carboxylic acids is 1. The Hall–Kier alpha value is -0.370. The summed E-state index contributed by atoms with van der Waals surface area (Å²) in [6.07, 6.45) is 7.93. The predicted octanol–water partition coefficient (Wildman–Crippen LogP) is 6.24. The summed E-state index contributed by atoms with van der Waals surface area (Å²) in [5, 5.41) is 3.64. The van der Waals surface area contributed by atoms with Gasteiger partial charge >= 0.3 is 0 Å². The summed E-state index contributed by atoms with van der Waals surface area (Å²) < 4.78 is 0. The standard InChI is InChI=1S/C22H41NO.CH4/c1-15-12-17(13-16(2)22(15)10-9-11-22)14-18(23-21(6,7)8)19(24)20(3,4)5;/h15-18,23H,9-14H2,1-8H3;1H4. The van der Waals surface area contributed by atoms with Gasteiger partial charge in [0.15, 0.2) is 5.78 Å². The van der Waals surface area contributed by atoms with Crippen LogP contribution in [0.4, 0.5) is 0 Å². The van der Waals surface area contributed by atoms with E-state index in [1.165, 1.54) is 32.1 Å². The summed E-state index contributed by atoms with van der Waals surface area (Å²) in [5.74, 6) is 2.70. The smallest absolute Gasteiger partial charge is 0.155 e. The molecular formula is C23H45NO. The molecule has 3 unspecified atom stereocenters. The molecule has 0 bridgehead atoms. The number of Topliss-reactive ketones (excluding diaryl/α,β-unsaturated/α-hetero) is 1. The number of ketones is 1. The lowest BCUT2D eigenvalue weighted by Gasteiger charge is -2.56. The van der Waals surface area contributed by atoms with Gasteiger partial charge in [-0.05, 0) is 76.0 Å². The molecule has 2 aliphatic carbocycles. The summed E-state index contributed by atoms with van der Waals surface area (Å²) >= 11 is 0. The van der Waals surface area contributed by atoms with Crippen LogP contribution in [0.2, 0.25) is 0 Å². The summed E-state index contributed by atoms with van der Waals surface area (Å²) in [4.78, 5) is 13.0. The molecule has 0 aromatic heterocycles. The summed E-state index contributed by atoms with van der Waals surface area (Å²) in [7, 11) is 0. The van der Waals surface area contributed by atoms with E-state index < -0.39 is 0 Å². The van der Waals surface area contributed by atoms with Gasteiger partial charge in [0.25, 0.3) is 0 Å². The fourth-order valence-corrected chi connectivity index (χ4v) is 5.42. The fourth-order valence-electron chi connectivity index (χ4n) is 5.42. The Morgan fingerprint density at radius 1 is 1.04 bits per heavy atom. The molecule has 0 heterocycles. The number of rotatable bonds is 4. The topological polar surface area (TPSA) is 29.1 Å². The van der Waals surface area contributed by atoms with Crippen LogP contribution in [-0.4, -0.2) is 17.4 Å². The number of hydrogen-bond acceptors (Lipinski definition) is 2. The Bertz CT molecular complexity index is 436. The Morgan fingerprint density at radius 3 is 1.84 bits per heavy atom. The first-order valence-electron chi connectivity index (χ1n) is 10.2. The van der Waals surface area contributed by atoms with Crippen molar-refractivity contribution in [2.45, 2.75) is 113 Å². The second-order valence-corrected chi connectivity index (χ2v) is 11.0. The molecule has 2 fully saturated rings. The minimum absolute atomic E-state index is 0. The van der Waals surface area contributed by atoms with Gasteiger partial charge in [-0.3, -0.25) is 4.79 Å². The zero-order valence-corrected chi connectivity index (χ0v) is 17.5. The Morgan fingerprint density at radius 2 is 1.52 bits per heavy atom. The second kappa shape index (κ2) is 7.71. The highest BCUT2D eigenvalue weighted by atomic mass is 16.1. The molecule has 1 spiro atoms. The lowest BCUT2D eigenvalue weighted by atomic mass is 9.49. The molecule has 2 rings (SSSR count). The molecular weight excluding hydrogens is 306 g/mol. The van der Waals surface area contributed by atoms with E-state index in [2.05, 4.69) is 60.7 Å². The molecule has 0 aromatic carbocycles. The maximum Gasteiger partial charge on any atom is 0.155 e. The zero-order chi connectivity index (χ0) is 18.3. The van der Waals surface area contributed by atoms with Crippen LogP contribution in [0.5, 0.6) is 0 Å². The fraction of sp³-hybridized carbons (Fsp3) is 0.957. The summed E-state index contributed by atoms with van der Waals surface area (Å²) in [6, 6.07) is -0.00941. The van der Waals surface area contributed by atoms with E-state index in [4.69, 9.17) is 0 Å². The van der Waals surface area contributed by atoms with E-state index in [0.717, 1.165) is 18.3 Å². The van der Waals surface area contributed by atoms with Crippen LogP contribution in [0.3, 0.4) is 0 Å². The van der Waals surface area contributed by atoms with Gasteiger partial charge in [-0.25, -0.2) is 0 Å². The van der Waals surface area contributed by atoms with Crippen LogP contribution in [0, 0.1) is 28.6 Å². The highest BCUT2D eigenvalue weighted by molar-refractivity contribution is 5.88. The predicted molar refractivity (Wildman–Crippen MR) is 110 cm³/mol. The molecule has 2 aliphatic rings. The monoisotopic (exact) mass is 351 g/mol. The van der Waals surface area contributed by atoms with Gasteiger partial charge in [0.05, 0.1) is 6.04 Å². The average Bonchev–Trinajstić information content (AvgIpc) is 2.31. The van der Waals surface area contributed by atoms with E-state index in [1.807, 2.05) is 0 Å². The number of nitrogens with one attached hydrogen (secondary N) is 1. The Kier molecular flexibility index (Phi) is 6.99. The summed E-state index contributed by atoms with van der Waals surface area (Å²) in [6.45, 7) is 17.6. The first-order valence-corrected chi connectivity index (χ1v) is 10.2. The molecule has 148 valence electrons. The van der Waals surface area contributed by atoms with Crippen molar-refractivity contribution < 1.29 is 4.79 Å². The third kappa shape index (κ3) is 5.08. The Balaban J connectivity index is 0.00000312. The number of hydrogen-bond donors (Lipinski definition) is 1.